The van der Waals surface area contributed by atoms with E-state index in [1.807, 2.05) is 37.3 Å². The first-order chi connectivity index (χ1) is 26.1. The van der Waals surface area contributed by atoms with Gasteiger partial charge in [-0.1, -0.05) is 24.3 Å². The van der Waals surface area contributed by atoms with E-state index in [1.165, 1.54) is 17.4 Å². The van der Waals surface area contributed by atoms with Gasteiger partial charge in [0.2, 0.25) is 0 Å². The van der Waals surface area contributed by atoms with Crippen LogP contribution >= 0.6 is 11.3 Å². The molecule has 3 aromatic carbocycles. The highest BCUT2D eigenvalue weighted by atomic mass is 32.1. The van der Waals surface area contributed by atoms with Crippen molar-refractivity contribution in [3.8, 4) is 10.4 Å². The maximum absolute atomic E-state index is 15.1. The lowest BCUT2D eigenvalue weighted by Crippen LogP contribution is -2.59. The Morgan fingerprint density at radius 2 is 1.67 bits per heavy atom. The minimum Gasteiger partial charge on any atom is -0.381 e. The van der Waals surface area contributed by atoms with Gasteiger partial charge in [-0.05, 0) is 80.3 Å². The molecule has 0 atom stereocenters. The number of amides is 2. The van der Waals surface area contributed by atoms with Crippen molar-refractivity contribution < 1.29 is 32.3 Å². The van der Waals surface area contributed by atoms with E-state index in [0.717, 1.165) is 73.0 Å². The highest BCUT2D eigenvalue weighted by Crippen LogP contribution is 2.46. The van der Waals surface area contributed by atoms with Gasteiger partial charge in [0.15, 0.2) is 12.1 Å². The van der Waals surface area contributed by atoms with Crippen LogP contribution in [0.15, 0.2) is 79.0 Å². The largest absolute Gasteiger partial charge is 0.381 e. The van der Waals surface area contributed by atoms with Crippen molar-refractivity contribution in [2.24, 2.45) is 5.41 Å². The molecule has 2 saturated heterocycles. The normalized spacial score (nSPS) is 15.5. The summed E-state index contributed by atoms with van der Waals surface area (Å²) in [5, 5.41) is 6.45. The second-order valence-corrected chi connectivity index (χ2v) is 14.7. The zero-order chi connectivity index (χ0) is 38.0. The maximum atomic E-state index is 15.1. The third-order valence-corrected chi connectivity index (χ3v) is 11.4. The maximum Gasteiger partial charge on any atom is 0.259 e. The standard InChI is InChI=1S/C34H34FN5O3S.C7H4F2O/c1-21-17-26(30(37-18-21)39-19-34(20-39)12-15-43-16-13-34)31(41)38-23-9-7-22(8-10-23)33(42)40-14-11-25-28(35)32(36-2)44-29(25)24-5-3-4-6-27(24)40;8-6-2-1-3-7(9)5(6)4-10/h3-10,17-18,36H,11-16,19-20H2,1-2H3,(H,38,41);1-4H. The van der Waals surface area contributed by atoms with Crippen LogP contribution in [0.4, 0.5) is 35.4 Å². The number of ether oxygens (including phenoxy) is 1. The molecule has 5 heterocycles. The second-order valence-electron chi connectivity index (χ2n) is 13.7. The zero-order valence-electron chi connectivity index (χ0n) is 29.8. The minimum atomic E-state index is -0.824. The lowest BCUT2D eigenvalue weighted by atomic mass is 9.73. The summed E-state index contributed by atoms with van der Waals surface area (Å²) in [6.07, 6.45) is 4.44. The molecule has 5 aromatic rings. The molecule has 8 rings (SSSR count). The number of aryl methyl sites for hydroxylation is 1. The molecule has 1 spiro atoms. The van der Waals surface area contributed by atoms with Gasteiger partial charge in [-0.25, -0.2) is 18.2 Å². The first-order valence-corrected chi connectivity index (χ1v) is 18.4. The summed E-state index contributed by atoms with van der Waals surface area (Å²) in [7, 11) is 1.72. The molecule has 0 aliphatic carbocycles. The molecule has 0 radical (unpaired) electrons. The monoisotopic (exact) mass is 753 g/mol. The first kappa shape index (κ1) is 36.8. The van der Waals surface area contributed by atoms with Gasteiger partial charge in [-0.3, -0.25) is 14.4 Å². The number of carbonyl (C=O) groups is 3. The number of benzene rings is 3. The number of fused-ring (bicyclic) bond motifs is 3. The minimum absolute atomic E-state index is 0.157. The quantitative estimate of drug-likeness (QED) is 0.169. The molecule has 3 aliphatic rings. The Morgan fingerprint density at radius 3 is 2.33 bits per heavy atom. The van der Waals surface area contributed by atoms with Gasteiger partial charge in [0, 0.05) is 78.8 Å². The lowest BCUT2D eigenvalue weighted by molar-refractivity contribution is -0.000511. The number of aldehydes is 1. The van der Waals surface area contributed by atoms with Crippen molar-refractivity contribution in [3.63, 3.8) is 0 Å². The van der Waals surface area contributed by atoms with Gasteiger partial charge in [0.05, 0.1) is 16.8 Å². The van der Waals surface area contributed by atoms with Crippen molar-refractivity contribution in [1.29, 1.82) is 0 Å². The lowest BCUT2D eigenvalue weighted by Gasteiger charge is -2.53. The number of nitrogens with one attached hydrogen (secondary N) is 2. The molecule has 0 saturated carbocycles. The van der Waals surface area contributed by atoms with Crippen LogP contribution in [0.1, 0.15) is 55.0 Å². The number of halogens is 3. The highest BCUT2D eigenvalue weighted by molar-refractivity contribution is 7.19. The second kappa shape index (κ2) is 15.4. The van der Waals surface area contributed by atoms with Gasteiger partial charge in [-0.2, -0.15) is 0 Å². The summed E-state index contributed by atoms with van der Waals surface area (Å²) in [5.74, 6) is -1.61. The van der Waals surface area contributed by atoms with Gasteiger partial charge >= 0.3 is 0 Å². The van der Waals surface area contributed by atoms with Crippen molar-refractivity contribution in [2.45, 2.75) is 26.2 Å². The molecule has 278 valence electrons. The summed E-state index contributed by atoms with van der Waals surface area (Å²) in [6.45, 7) is 5.61. The van der Waals surface area contributed by atoms with E-state index < -0.39 is 17.2 Å². The molecule has 0 unspecified atom stereocenters. The average Bonchev–Trinajstić information content (AvgIpc) is 3.39. The molecular weight excluding hydrogens is 716 g/mol. The Balaban J connectivity index is 0.000000392. The summed E-state index contributed by atoms with van der Waals surface area (Å²) in [5.41, 5.74) is 4.49. The molecule has 0 bridgehead atoms. The topological polar surface area (TPSA) is 104 Å². The Kier molecular flexibility index (Phi) is 10.5. The van der Waals surface area contributed by atoms with Crippen LogP contribution in [0.25, 0.3) is 10.4 Å². The molecule has 2 N–H and O–H groups in total. The molecule has 13 heteroatoms. The van der Waals surface area contributed by atoms with Gasteiger partial charge in [-0.15, -0.1) is 11.3 Å². The van der Waals surface area contributed by atoms with E-state index >= 15 is 4.39 Å². The van der Waals surface area contributed by atoms with Crippen molar-refractivity contribution in [1.82, 2.24) is 4.98 Å². The highest BCUT2D eigenvalue weighted by Gasteiger charge is 2.45. The summed E-state index contributed by atoms with van der Waals surface area (Å²) >= 11 is 1.37. The van der Waals surface area contributed by atoms with Crippen LogP contribution in [-0.4, -0.2) is 63.0 Å². The molecule has 54 heavy (non-hydrogen) atoms. The molecule has 2 aromatic heterocycles. The van der Waals surface area contributed by atoms with E-state index in [1.54, 1.807) is 42.4 Å². The fourth-order valence-electron chi connectivity index (χ4n) is 7.19. The molecule has 9 nitrogen and oxygen atoms in total. The zero-order valence-corrected chi connectivity index (χ0v) is 30.6. The van der Waals surface area contributed by atoms with Crippen LogP contribution in [0.2, 0.25) is 0 Å². The number of carbonyl (C=O) groups excluding carboxylic acids is 3. The number of hydrogen-bond donors (Lipinski definition) is 2. The molecule has 2 fully saturated rings. The molecular formula is C41H38F3N5O4S. The fraction of sp³-hybridized carbons (Fsp3) is 0.268. The number of pyridine rings is 1. The predicted octanol–water partition coefficient (Wildman–Crippen LogP) is 8.15. The average molecular weight is 754 g/mol. The first-order valence-electron chi connectivity index (χ1n) is 17.6. The fourth-order valence-corrected chi connectivity index (χ4v) is 8.31. The smallest absolute Gasteiger partial charge is 0.259 e. The van der Waals surface area contributed by atoms with Crippen LogP contribution in [0, 0.1) is 29.8 Å². The van der Waals surface area contributed by atoms with Crippen molar-refractivity contribution in [2.75, 3.05) is 60.3 Å². The van der Waals surface area contributed by atoms with Crippen LogP contribution in [0.5, 0.6) is 0 Å². The third-order valence-electron chi connectivity index (χ3n) is 10.1. The van der Waals surface area contributed by atoms with E-state index in [-0.39, 0.29) is 29.3 Å². The van der Waals surface area contributed by atoms with Crippen molar-refractivity contribution >= 4 is 51.6 Å². The number of thiophene rings is 1. The van der Waals surface area contributed by atoms with Gasteiger partial charge < -0.3 is 25.2 Å². The van der Waals surface area contributed by atoms with Gasteiger partial charge in [0.25, 0.3) is 11.8 Å². The van der Waals surface area contributed by atoms with Crippen LogP contribution < -0.4 is 20.4 Å². The van der Waals surface area contributed by atoms with E-state index in [9.17, 15) is 23.2 Å². The third kappa shape index (κ3) is 7.21. The number of para-hydroxylation sites is 1. The number of aromatic nitrogens is 1. The molecule has 2 amide bonds. The Bertz CT molecular complexity index is 2190. The van der Waals surface area contributed by atoms with Crippen LogP contribution in [-0.2, 0) is 11.2 Å². The van der Waals surface area contributed by atoms with Gasteiger partial charge in [0.1, 0.15) is 22.5 Å². The Morgan fingerprint density at radius 1 is 0.963 bits per heavy atom. The van der Waals surface area contributed by atoms with Crippen LogP contribution in [0.3, 0.4) is 0 Å². The van der Waals surface area contributed by atoms with Crippen molar-refractivity contribution in [3.05, 3.63) is 124 Å². The number of rotatable bonds is 6. The number of nitrogens with zero attached hydrogens (tertiary/aromatic N) is 3. The predicted molar refractivity (Wildman–Crippen MR) is 204 cm³/mol. The van der Waals surface area contributed by atoms with E-state index in [4.69, 9.17) is 4.74 Å². The number of anilines is 4. The Labute approximate surface area is 314 Å². The molecule has 3 aliphatic heterocycles. The van der Waals surface area contributed by atoms with E-state index in [0.29, 0.717) is 46.2 Å². The number of hydrogen-bond acceptors (Lipinski definition) is 8. The summed E-state index contributed by atoms with van der Waals surface area (Å²) in [4.78, 5) is 46.6. The van der Waals surface area contributed by atoms with E-state index in [2.05, 4.69) is 20.5 Å². The summed E-state index contributed by atoms with van der Waals surface area (Å²) < 4.78 is 45.4. The SMILES string of the molecule is CNc1sc2c(c1F)CCN(C(=O)c1ccc(NC(=O)c3cc(C)cnc3N3CC4(CCOCC4)C3)cc1)c1ccccc1-2.O=Cc1c(F)cccc1F. The summed E-state index contributed by atoms with van der Waals surface area (Å²) in [6, 6.07) is 19.7. The Hall–Kier alpha value is -5.53.